The van der Waals surface area contributed by atoms with E-state index in [4.69, 9.17) is 10.4 Å². The van der Waals surface area contributed by atoms with Gasteiger partial charge in [-0.15, -0.1) is 0 Å². The van der Waals surface area contributed by atoms with E-state index < -0.39 is 0 Å². The Hall–Kier alpha value is -1.86. The first-order chi connectivity index (χ1) is 7.17. The zero-order valence-electron chi connectivity index (χ0n) is 8.40. The van der Waals surface area contributed by atoms with Gasteiger partial charge in [0.15, 0.2) is 0 Å². The first-order valence-electron chi connectivity index (χ1n) is 4.59. The molecule has 0 fully saturated rings. The maximum atomic E-state index is 11.6. The lowest BCUT2D eigenvalue weighted by Crippen LogP contribution is -2.34. The zero-order valence-corrected chi connectivity index (χ0v) is 8.40. The highest BCUT2D eigenvalue weighted by molar-refractivity contribution is 5.94. The summed E-state index contributed by atoms with van der Waals surface area (Å²) in [6.45, 7) is 1.59. The van der Waals surface area contributed by atoms with Gasteiger partial charge in [-0.3, -0.25) is 4.79 Å². The smallest absolute Gasteiger partial charge is 0.251 e. The summed E-state index contributed by atoms with van der Waals surface area (Å²) in [7, 11) is 0. The molecular formula is C11H12N2O2. The first-order valence-corrected chi connectivity index (χ1v) is 4.59. The van der Waals surface area contributed by atoms with E-state index in [0.29, 0.717) is 11.1 Å². The Bertz CT molecular complexity index is 396. The number of aliphatic hydroxyl groups is 1. The van der Waals surface area contributed by atoms with E-state index in [1.807, 2.05) is 6.07 Å². The van der Waals surface area contributed by atoms with Crippen molar-refractivity contribution in [3.63, 3.8) is 0 Å². The van der Waals surface area contributed by atoms with Gasteiger partial charge in [0, 0.05) is 11.6 Å². The van der Waals surface area contributed by atoms with E-state index in [0.717, 1.165) is 0 Å². The third kappa shape index (κ3) is 3.08. The van der Waals surface area contributed by atoms with Crippen LogP contribution in [-0.2, 0) is 0 Å². The van der Waals surface area contributed by atoms with E-state index in [2.05, 4.69) is 5.32 Å². The number of rotatable bonds is 3. The lowest BCUT2D eigenvalue weighted by Gasteiger charge is -2.10. The quantitative estimate of drug-likeness (QED) is 0.760. The molecule has 1 aromatic rings. The summed E-state index contributed by atoms with van der Waals surface area (Å²) in [6, 6.07) is 8.09. The Labute approximate surface area is 88.2 Å². The van der Waals surface area contributed by atoms with Crippen LogP contribution in [0.4, 0.5) is 0 Å². The summed E-state index contributed by atoms with van der Waals surface area (Å²) in [5.74, 6) is -0.284. The second-order valence-electron chi connectivity index (χ2n) is 3.25. The molecule has 0 aliphatic heterocycles. The number of carbonyl (C=O) groups excluding carboxylic acids is 1. The van der Waals surface area contributed by atoms with Crippen LogP contribution in [0.25, 0.3) is 0 Å². The molecule has 0 aromatic heterocycles. The highest BCUT2D eigenvalue weighted by Crippen LogP contribution is 2.04. The van der Waals surface area contributed by atoms with E-state index >= 15 is 0 Å². The minimum atomic E-state index is -0.289. The largest absolute Gasteiger partial charge is 0.394 e. The number of nitriles is 1. The van der Waals surface area contributed by atoms with Gasteiger partial charge in [-0.25, -0.2) is 0 Å². The Balaban J connectivity index is 2.78. The van der Waals surface area contributed by atoms with Crippen LogP contribution in [0.5, 0.6) is 0 Å². The molecule has 4 nitrogen and oxygen atoms in total. The van der Waals surface area contributed by atoms with Crippen LogP contribution in [0.15, 0.2) is 24.3 Å². The summed E-state index contributed by atoms with van der Waals surface area (Å²) >= 11 is 0. The molecule has 1 aromatic carbocycles. The summed E-state index contributed by atoms with van der Waals surface area (Å²) in [6.07, 6.45) is 0. The minimum Gasteiger partial charge on any atom is -0.394 e. The van der Waals surface area contributed by atoms with Gasteiger partial charge in [-0.2, -0.15) is 5.26 Å². The van der Waals surface area contributed by atoms with Crippen molar-refractivity contribution < 1.29 is 9.90 Å². The predicted octanol–water partition coefficient (Wildman–Crippen LogP) is 0.669. The molecule has 78 valence electrons. The number of aliphatic hydroxyl groups excluding tert-OH is 1. The summed E-state index contributed by atoms with van der Waals surface area (Å²) in [5.41, 5.74) is 0.869. The standard InChI is InChI=1S/C11H12N2O2/c1-8(7-14)13-11(15)10-4-2-3-9(5-10)6-12/h2-5,8,14H,7H2,1H3,(H,13,15)/t8-/m1/s1. The van der Waals surface area contributed by atoms with Crippen molar-refractivity contribution in [3.8, 4) is 6.07 Å². The van der Waals surface area contributed by atoms with Crippen molar-refractivity contribution in [2.75, 3.05) is 6.61 Å². The fourth-order valence-electron chi connectivity index (χ4n) is 1.08. The molecule has 0 radical (unpaired) electrons. The van der Waals surface area contributed by atoms with Crippen LogP contribution >= 0.6 is 0 Å². The molecule has 0 saturated carbocycles. The number of benzene rings is 1. The van der Waals surface area contributed by atoms with Crippen LogP contribution in [0.1, 0.15) is 22.8 Å². The lowest BCUT2D eigenvalue weighted by molar-refractivity contribution is 0.0922. The Morgan fingerprint density at radius 1 is 1.67 bits per heavy atom. The van der Waals surface area contributed by atoms with Gasteiger partial charge in [0.05, 0.1) is 18.2 Å². The monoisotopic (exact) mass is 204 g/mol. The highest BCUT2D eigenvalue weighted by atomic mass is 16.3. The van der Waals surface area contributed by atoms with Gasteiger partial charge in [0.2, 0.25) is 0 Å². The van der Waals surface area contributed by atoms with Crippen molar-refractivity contribution in [2.24, 2.45) is 0 Å². The average molecular weight is 204 g/mol. The maximum absolute atomic E-state index is 11.6. The summed E-state index contributed by atoms with van der Waals surface area (Å²) in [5, 5.41) is 20.0. The minimum absolute atomic E-state index is 0.107. The number of hydrogen-bond donors (Lipinski definition) is 2. The van der Waals surface area contributed by atoms with Crippen LogP contribution in [0.3, 0.4) is 0 Å². The molecule has 0 bridgehead atoms. The number of nitrogens with zero attached hydrogens (tertiary/aromatic N) is 1. The van der Waals surface area contributed by atoms with E-state index in [1.54, 1.807) is 25.1 Å². The molecule has 0 unspecified atom stereocenters. The van der Waals surface area contributed by atoms with Gasteiger partial charge in [0.1, 0.15) is 0 Å². The van der Waals surface area contributed by atoms with Crippen molar-refractivity contribution >= 4 is 5.91 Å². The number of amides is 1. The van der Waals surface area contributed by atoms with Crippen LogP contribution < -0.4 is 5.32 Å². The molecule has 15 heavy (non-hydrogen) atoms. The summed E-state index contributed by atoms with van der Waals surface area (Å²) in [4.78, 5) is 11.6. The van der Waals surface area contributed by atoms with Crippen LogP contribution in [0, 0.1) is 11.3 Å². The highest BCUT2D eigenvalue weighted by Gasteiger charge is 2.08. The number of nitrogens with one attached hydrogen (secondary N) is 1. The molecule has 0 aliphatic rings. The predicted molar refractivity (Wildman–Crippen MR) is 55.2 cm³/mol. The van der Waals surface area contributed by atoms with Crippen molar-refractivity contribution in [1.29, 1.82) is 5.26 Å². The van der Waals surface area contributed by atoms with Gasteiger partial charge >= 0.3 is 0 Å². The number of hydrogen-bond acceptors (Lipinski definition) is 3. The molecule has 1 rings (SSSR count). The van der Waals surface area contributed by atoms with Gasteiger partial charge in [-0.1, -0.05) is 6.07 Å². The topological polar surface area (TPSA) is 73.1 Å². The van der Waals surface area contributed by atoms with Crippen LogP contribution in [0.2, 0.25) is 0 Å². The summed E-state index contributed by atoms with van der Waals surface area (Å²) < 4.78 is 0. The molecule has 0 aliphatic carbocycles. The molecule has 2 N–H and O–H groups in total. The van der Waals surface area contributed by atoms with Gasteiger partial charge in [0.25, 0.3) is 5.91 Å². The molecule has 0 spiro atoms. The normalized spacial score (nSPS) is 11.5. The van der Waals surface area contributed by atoms with Gasteiger partial charge in [-0.05, 0) is 25.1 Å². The second kappa shape index (κ2) is 5.13. The third-order valence-electron chi connectivity index (χ3n) is 1.91. The maximum Gasteiger partial charge on any atom is 0.251 e. The molecular weight excluding hydrogens is 192 g/mol. The van der Waals surface area contributed by atoms with Crippen molar-refractivity contribution in [3.05, 3.63) is 35.4 Å². The van der Waals surface area contributed by atoms with E-state index in [1.165, 1.54) is 6.07 Å². The zero-order chi connectivity index (χ0) is 11.3. The molecule has 1 amide bonds. The molecule has 0 heterocycles. The van der Waals surface area contributed by atoms with Crippen molar-refractivity contribution in [1.82, 2.24) is 5.32 Å². The third-order valence-corrected chi connectivity index (χ3v) is 1.91. The fourth-order valence-corrected chi connectivity index (χ4v) is 1.08. The molecule has 0 saturated heterocycles. The van der Waals surface area contributed by atoms with E-state index in [9.17, 15) is 4.79 Å². The van der Waals surface area contributed by atoms with Crippen LogP contribution in [-0.4, -0.2) is 23.7 Å². The average Bonchev–Trinajstić information content (AvgIpc) is 2.28. The van der Waals surface area contributed by atoms with E-state index in [-0.39, 0.29) is 18.6 Å². The molecule has 4 heteroatoms. The Morgan fingerprint density at radius 2 is 2.40 bits per heavy atom. The fraction of sp³-hybridized carbons (Fsp3) is 0.273. The Kier molecular flexibility index (Phi) is 3.83. The lowest BCUT2D eigenvalue weighted by atomic mass is 10.1. The van der Waals surface area contributed by atoms with Crippen molar-refractivity contribution in [2.45, 2.75) is 13.0 Å². The SMILES string of the molecule is C[C@H](CO)NC(=O)c1cccc(C#N)c1. The second-order valence-corrected chi connectivity index (χ2v) is 3.25. The van der Waals surface area contributed by atoms with Gasteiger partial charge < -0.3 is 10.4 Å². The number of carbonyl (C=O) groups is 1. The molecule has 1 atom stereocenters. The first kappa shape index (κ1) is 11.2. The Morgan fingerprint density at radius 3 is 3.00 bits per heavy atom.